The lowest BCUT2D eigenvalue weighted by molar-refractivity contribution is 0.0600. The van der Waals surface area contributed by atoms with Crippen LogP contribution >= 0.6 is 0 Å². The van der Waals surface area contributed by atoms with E-state index in [-0.39, 0.29) is 11.6 Å². The van der Waals surface area contributed by atoms with Gasteiger partial charge in [0.25, 0.3) is 5.91 Å². The van der Waals surface area contributed by atoms with Crippen molar-refractivity contribution in [3.8, 4) is 22.3 Å². The average molecular weight is 423 g/mol. The van der Waals surface area contributed by atoms with E-state index in [9.17, 15) is 9.59 Å². The number of aromatic nitrogens is 2. The number of amides is 1. The van der Waals surface area contributed by atoms with Crippen molar-refractivity contribution < 1.29 is 14.3 Å². The third-order valence-electron chi connectivity index (χ3n) is 4.96. The van der Waals surface area contributed by atoms with Crippen LogP contribution in [0.1, 0.15) is 26.5 Å². The molecule has 158 valence electrons. The standard InChI is InChI=1S/C26H21N3O3/c1-17-8-9-20(16-28-17)21-12-22(26(31)32-2)14-23(13-21)29-25(30)24-15-19(10-11-27-24)18-6-4-3-5-7-18/h3-16H,1-2H3,(H,29,30). The van der Waals surface area contributed by atoms with Crippen LogP contribution < -0.4 is 5.32 Å². The monoisotopic (exact) mass is 423 g/mol. The maximum Gasteiger partial charge on any atom is 0.337 e. The maximum absolute atomic E-state index is 12.9. The zero-order valence-electron chi connectivity index (χ0n) is 17.7. The molecule has 0 saturated carbocycles. The highest BCUT2D eigenvalue weighted by Crippen LogP contribution is 2.26. The Labute approximate surface area is 185 Å². The Morgan fingerprint density at radius 3 is 2.34 bits per heavy atom. The molecule has 4 aromatic rings. The zero-order valence-corrected chi connectivity index (χ0v) is 17.7. The Balaban J connectivity index is 1.66. The minimum atomic E-state index is -0.494. The maximum atomic E-state index is 12.9. The van der Waals surface area contributed by atoms with E-state index in [2.05, 4.69) is 15.3 Å². The molecule has 0 saturated heterocycles. The molecule has 0 atom stereocenters. The molecule has 0 bridgehead atoms. The fraction of sp³-hybridized carbons (Fsp3) is 0.0769. The Morgan fingerprint density at radius 2 is 1.62 bits per heavy atom. The molecule has 0 aliphatic rings. The summed E-state index contributed by atoms with van der Waals surface area (Å²) in [7, 11) is 1.32. The van der Waals surface area contributed by atoms with Crippen LogP contribution in [-0.2, 0) is 4.74 Å². The van der Waals surface area contributed by atoms with Gasteiger partial charge in [0.1, 0.15) is 5.69 Å². The summed E-state index contributed by atoms with van der Waals surface area (Å²) in [6, 6.07) is 22.2. The van der Waals surface area contributed by atoms with Crippen LogP contribution in [0, 0.1) is 6.92 Å². The summed E-state index contributed by atoms with van der Waals surface area (Å²) in [6.45, 7) is 1.90. The molecule has 0 spiro atoms. The first-order chi connectivity index (χ1) is 15.5. The quantitative estimate of drug-likeness (QED) is 0.449. The number of hydrogen-bond acceptors (Lipinski definition) is 5. The van der Waals surface area contributed by atoms with E-state index < -0.39 is 5.97 Å². The van der Waals surface area contributed by atoms with Crippen molar-refractivity contribution in [2.75, 3.05) is 12.4 Å². The van der Waals surface area contributed by atoms with Crippen LogP contribution in [0.2, 0.25) is 0 Å². The number of ether oxygens (including phenoxy) is 1. The highest BCUT2D eigenvalue weighted by atomic mass is 16.5. The first-order valence-corrected chi connectivity index (χ1v) is 10.0. The highest BCUT2D eigenvalue weighted by Gasteiger charge is 2.14. The lowest BCUT2D eigenvalue weighted by atomic mass is 10.0. The summed E-state index contributed by atoms with van der Waals surface area (Å²) < 4.78 is 4.88. The molecule has 1 N–H and O–H groups in total. The van der Waals surface area contributed by atoms with E-state index >= 15 is 0 Å². The number of nitrogens with one attached hydrogen (secondary N) is 1. The summed E-state index contributed by atoms with van der Waals surface area (Å²) in [5, 5.41) is 2.85. The minimum Gasteiger partial charge on any atom is -0.465 e. The summed E-state index contributed by atoms with van der Waals surface area (Å²) in [5.41, 5.74) is 5.38. The fourth-order valence-corrected chi connectivity index (χ4v) is 3.30. The number of aryl methyl sites for hydroxylation is 1. The predicted octanol–water partition coefficient (Wildman–Crippen LogP) is 5.16. The van der Waals surface area contributed by atoms with Crippen molar-refractivity contribution in [3.63, 3.8) is 0 Å². The fourth-order valence-electron chi connectivity index (χ4n) is 3.30. The van der Waals surface area contributed by atoms with Gasteiger partial charge >= 0.3 is 5.97 Å². The molecule has 0 aliphatic heterocycles. The molecule has 0 radical (unpaired) electrons. The van der Waals surface area contributed by atoms with Crippen molar-refractivity contribution >= 4 is 17.6 Å². The molecule has 0 fully saturated rings. The van der Waals surface area contributed by atoms with E-state index in [1.807, 2.05) is 55.5 Å². The molecule has 32 heavy (non-hydrogen) atoms. The number of anilines is 1. The van der Waals surface area contributed by atoms with Crippen LogP contribution in [0.4, 0.5) is 5.69 Å². The van der Waals surface area contributed by atoms with Crippen molar-refractivity contribution in [3.05, 3.63) is 102 Å². The molecule has 4 rings (SSSR count). The smallest absolute Gasteiger partial charge is 0.337 e. The normalized spacial score (nSPS) is 10.4. The molecule has 6 heteroatoms. The number of benzene rings is 2. The van der Waals surface area contributed by atoms with Crippen molar-refractivity contribution in [2.24, 2.45) is 0 Å². The van der Waals surface area contributed by atoms with Crippen LogP contribution in [0.25, 0.3) is 22.3 Å². The second-order valence-electron chi connectivity index (χ2n) is 7.23. The lowest BCUT2D eigenvalue weighted by Gasteiger charge is -2.11. The molecule has 2 heterocycles. The number of carbonyl (C=O) groups excluding carboxylic acids is 2. The van der Waals surface area contributed by atoms with Gasteiger partial charge in [-0.1, -0.05) is 36.4 Å². The van der Waals surface area contributed by atoms with Gasteiger partial charge in [-0.3, -0.25) is 14.8 Å². The number of methoxy groups -OCH3 is 1. The van der Waals surface area contributed by atoms with Gasteiger partial charge in [-0.2, -0.15) is 0 Å². The summed E-state index contributed by atoms with van der Waals surface area (Å²) >= 11 is 0. The Hall–Kier alpha value is -4.32. The number of pyridine rings is 2. The summed E-state index contributed by atoms with van der Waals surface area (Å²) in [6.07, 6.45) is 3.33. The minimum absolute atomic E-state index is 0.272. The molecule has 2 aromatic heterocycles. The van der Waals surface area contributed by atoms with Crippen LogP contribution in [-0.4, -0.2) is 29.0 Å². The van der Waals surface area contributed by atoms with Crippen LogP contribution in [0.5, 0.6) is 0 Å². The second-order valence-corrected chi connectivity index (χ2v) is 7.23. The number of rotatable bonds is 5. The number of carbonyl (C=O) groups is 2. The predicted molar refractivity (Wildman–Crippen MR) is 123 cm³/mol. The Kier molecular flexibility index (Phi) is 6.03. The average Bonchev–Trinajstić information content (AvgIpc) is 2.84. The van der Waals surface area contributed by atoms with Crippen molar-refractivity contribution in [1.82, 2.24) is 9.97 Å². The SMILES string of the molecule is COC(=O)c1cc(NC(=O)c2cc(-c3ccccc3)ccn2)cc(-c2ccc(C)nc2)c1. The van der Waals surface area contributed by atoms with Gasteiger partial charge in [0.05, 0.1) is 12.7 Å². The molecule has 1 amide bonds. The lowest BCUT2D eigenvalue weighted by Crippen LogP contribution is -2.14. The first-order valence-electron chi connectivity index (χ1n) is 10.0. The van der Waals surface area contributed by atoms with E-state index in [0.29, 0.717) is 11.3 Å². The molecular formula is C26H21N3O3. The van der Waals surface area contributed by atoms with Crippen LogP contribution in [0.3, 0.4) is 0 Å². The largest absolute Gasteiger partial charge is 0.465 e. The third kappa shape index (κ3) is 4.70. The highest BCUT2D eigenvalue weighted by molar-refractivity contribution is 6.04. The molecule has 6 nitrogen and oxygen atoms in total. The molecule has 0 aliphatic carbocycles. The molecular weight excluding hydrogens is 402 g/mol. The number of hydrogen-bond donors (Lipinski definition) is 1. The van der Waals surface area contributed by atoms with Crippen molar-refractivity contribution in [1.29, 1.82) is 0 Å². The van der Waals surface area contributed by atoms with Gasteiger partial charge in [-0.15, -0.1) is 0 Å². The zero-order chi connectivity index (χ0) is 22.5. The third-order valence-corrected chi connectivity index (χ3v) is 4.96. The second kappa shape index (κ2) is 9.22. The first kappa shape index (κ1) is 20.9. The topological polar surface area (TPSA) is 81.2 Å². The summed E-state index contributed by atoms with van der Waals surface area (Å²) in [5.74, 6) is -0.871. The van der Waals surface area contributed by atoms with Gasteiger partial charge in [0.15, 0.2) is 0 Å². The van der Waals surface area contributed by atoms with Crippen molar-refractivity contribution in [2.45, 2.75) is 6.92 Å². The van der Waals surface area contributed by atoms with Gasteiger partial charge in [0, 0.05) is 29.3 Å². The van der Waals surface area contributed by atoms with Gasteiger partial charge < -0.3 is 10.1 Å². The molecule has 0 unspecified atom stereocenters. The Bertz CT molecular complexity index is 1270. The Morgan fingerprint density at radius 1 is 0.812 bits per heavy atom. The van der Waals surface area contributed by atoms with E-state index in [0.717, 1.165) is 27.9 Å². The van der Waals surface area contributed by atoms with Gasteiger partial charge in [-0.05, 0) is 60.0 Å². The van der Waals surface area contributed by atoms with Gasteiger partial charge in [0.2, 0.25) is 0 Å². The summed E-state index contributed by atoms with van der Waals surface area (Å²) in [4.78, 5) is 33.7. The van der Waals surface area contributed by atoms with Gasteiger partial charge in [-0.25, -0.2) is 4.79 Å². The van der Waals surface area contributed by atoms with Crippen LogP contribution in [0.15, 0.2) is 85.2 Å². The number of esters is 1. The number of nitrogens with zero attached hydrogens (tertiary/aromatic N) is 2. The van der Waals surface area contributed by atoms with E-state index in [4.69, 9.17) is 4.74 Å². The molecule has 2 aromatic carbocycles. The van der Waals surface area contributed by atoms with E-state index in [1.54, 1.807) is 36.7 Å². The van der Waals surface area contributed by atoms with E-state index in [1.165, 1.54) is 7.11 Å².